The fraction of sp³-hybridized carbons (Fsp3) is 0. The maximum Gasteiger partial charge on any atom is 0.143 e. The topological polar surface area (TPSA) is 29.5 Å². The average Bonchev–Trinajstić information content (AvgIpc) is 3.82. The summed E-state index contributed by atoms with van der Waals surface area (Å²) in [6, 6.07) is 70.9. The predicted molar refractivity (Wildman–Crippen MR) is 229 cm³/mol. The van der Waals surface area contributed by atoms with Crippen molar-refractivity contribution in [1.82, 2.24) is 0 Å². The van der Waals surface area contributed by atoms with E-state index in [1.165, 1.54) is 16.5 Å². The number of rotatable bonds is 6. The molecule has 3 heteroatoms. The number of benzene rings is 9. The fourth-order valence-electron chi connectivity index (χ4n) is 8.29. The van der Waals surface area contributed by atoms with E-state index in [-0.39, 0.29) is 0 Å². The minimum atomic E-state index is 0.898. The highest BCUT2D eigenvalue weighted by Crippen LogP contribution is 2.44. The zero-order chi connectivity index (χ0) is 36.3. The molecular formula is C52H33NO2. The van der Waals surface area contributed by atoms with E-state index in [2.05, 4.69) is 187 Å². The lowest BCUT2D eigenvalue weighted by atomic mass is 9.93. The van der Waals surface area contributed by atoms with E-state index in [4.69, 9.17) is 8.83 Å². The molecule has 0 bridgehead atoms. The van der Waals surface area contributed by atoms with Gasteiger partial charge in [0.25, 0.3) is 0 Å². The molecule has 0 atom stereocenters. The van der Waals surface area contributed by atoms with Gasteiger partial charge in [0.1, 0.15) is 22.3 Å². The fourth-order valence-corrected chi connectivity index (χ4v) is 8.29. The SMILES string of the molecule is c1ccc(-c2cccc(N(c3ccc(-c4cccc5c4oc4ccccc45)cc3)c3ccc(-c4c5ccccc5cc5oc6ccccc6c45)cc3)c2)cc1. The standard InChI is InChI=1S/C52H33NO2/c1-2-12-34(13-3-1)37-15-10-16-41(32-37)53(39-28-24-35(25-29-39)43-20-11-21-45-44-18-6-8-22-47(44)55-52(43)45)40-30-26-36(27-31-40)50-42-17-5-4-14-38(42)33-49-51(50)46-19-7-9-23-48(46)54-49/h1-33H. The molecule has 0 fully saturated rings. The summed E-state index contributed by atoms with van der Waals surface area (Å²) in [5.74, 6) is 0. The third kappa shape index (κ3) is 5.20. The second-order valence-corrected chi connectivity index (χ2v) is 14.1. The van der Waals surface area contributed by atoms with Gasteiger partial charge < -0.3 is 13.7 Å². The Morgan fingerprint density at radius 2 is 0.927 bits per heavy atom. The molecule has 2 aromatic heterocycles. The van der Waals surface area contributed by atoms with Crippen LogP contribution in [0.5, 0.6) is 0 Å². The number of hydrogen-bond donors (Lipinski definition) is 0. The molecular weight excluding hydrogens is 671 g/mol. The third-order valence-electron chi connectivity index (χ3n) is 10.9. The first-order chi connectivity index (χ1) is 27.3. The Morgan fingerprint density at radius 1 is 0.327 bits per heavy atom. The molecule has 0 aliphatic rings. The molecule has 0 unspecified atom stereocenters. The van der Waals surface area contributed by atoms with E-state index in [0.717, 1.165) is 88.6 Å². The summed E-state index contributed by atoms with van der Waals surface area (Å²) in [6.45, 7) is 0. The summed E-state index contributed by atoms with van der Waals surface area (Å²) in [7, 11) is 0. The van der Waals surface area contributed by atoms with Crippen LogP contribution in [0.15, 0.2) is 209 Å². The molecule has 3 nitrogen and oxygen atoms in total. The average molecular weight is 704 g/mol. The highest BCUT2D eigenvalue weighted by Gasteiger charge is 2.19. The largest absolute Gasteiger partial charge is 0.456 e. The van der Waals surface area contributed by atoms with Gasteiger partial charge in [0.2, 0.25) is 0 Å². The van der Waals surface area contributed by atoms with E-state index in [9.17, 15) is 0 Å². The zero-order valence-corrected chi connectivity index (χ0v) is 29.8. The van der Waals surface area contributed by atoms with E-state index >= 15 is 0 Å². The second kappa shape index (κ2) is 12.6. The van der Waals surface area contributed by atoms with Crippen LogP contribution in [0.1, 0.15) is 0 Å². The molecule has 55 heavy (non-hydrogen) atoms. The Bertz CT molecular complexity index is 3190. The number of hydrogen-bond acceptors (Lipinski definition) is 3. The van der Waals surface area contributed by atoms with Crippen molar-refractivity contribution in [1.29, 1.82) is 0 Å². The molecule has 2 heterocycles. The molecule has 0 N–H and O–H groups in total. The van der Waals surface area contributed by atoms with Crippen LogP contribution in [0.2, 0.25) is 0 Å². The van der Waals surface area contributed by atoms with Crippen LogP contribution in [0.4, 0.5) is 17.1 Å². The molecule has 0 spiro atoms. The Morgan fingerprint density at radius 3 is 1.71 bits per heavy atom. The molecule has 0 radical (unpaired) electrons. The molecule has 0 saturated heterocycles. The molecule has 0 saturated carbocycles. The summed E-state index contributed by atoms with van der Waals surface area (Å²) in [5, 5.41) is 6.89. The van der Waals surface area contributed by atoms with Crippen LogP contribution in [-0.4, -0.2) is 0 Å². The van der Waals surface area contributed by atoms with Crippen molar-refractivity contribution in [3.8, 4) is 33.4 Å². The summed E-state index contributed by atoms with van der Waals surface area (Å²) in [4.78, 5) is 2.34. The molecule has 11 aromatic rings. The molecule has 258 valence electrons. The van der Waals surface area contributed by atoms with Gasteiger partial charge in [0.05, 0.1) is 0 Å². The Hall–Kier alpha value is -7.36. The summed E-state index contributed by atoms with van der Waals surface area (Å²) in [6.07, 6.45) is 0. The highest BCUT2D eigenvalue weighted by molar-refractivity contribution is 6.20. The van der Waals surface area contributed by atoms with Gasteiger partial charge in [0, 0.05) is 49.7 Å². The maximum atomic E-state index is 6.41. The minimum Gasteiger partial charge on any atom is -0.456 e. The number of nitrogens with zero attached hydrogens (tertiary/aromatic N) is 1. The monoisotopic (exact) mass is 703 g/mol. The van der Waals surface area contributed by atoms with Crippen LogP contribution in [-0.2, 0) is 0 Å². The van der Waals surface area contributed by atoms with Crippen molar-refractivity contribution in [2.45, 2.75) is 0 Å². The van der Waals surface area contributed by atoms with E-state index in [1.807, 2.05) is 18.2 Å². The lowest BCUT2D eigenvalue weighted by Crippen LogP contribution is -2.10. The van der Waals surface area contributed by atoms with Gasteiger partial charge in [-0.15, -0.1) is 0 Å². The van der Waals surface area contributed by atoms with Gasteiger partial charge in [-0.05, 0) is 87.6 Å². The summed E-state index contributed by atoms with van der Waals surface area (Å²) < 4.78 is 12.8. The van der Waals surface area contributed by atoms with Crippen LogP contribution in [0.3, 0.4) is 0 Å². The lowest BCUT2D eigenvalue weighted by molar-refractivity contribution is 0.669. The van der Waals surface area contributed by atoms with Gasteiger partial charge in [-0.3, -0.25) is 0 Å². The molecule has 9 aromatic carbocycles. The highest BCUT2D eigenvalue weighted by atomic mass is 16.3. The van der Waals surface area contributed by atoms with Gasteiger partial charge in [-0.25, -0.2) is 0 Å². The van der Waals surface area contributed by atoms with Crippen LogP contribution in [0.25, 0.3) is 88.0 Å². The van der Waals surface area contributed by atoms with Crippen LogP contribution < -0.4 is 4.90 Å². The number of fused-ring (bicyclic) bond motifs is 7. The van der Waals surface area contributed by atoms with E-state index in [1.54, 1.807) is 0 Å². The van der Waals surface area contributed by atoms with Crippen LogP contribution >= 0.6 is 0 Å². The number of furan rings is 2. The molecule has 0 aliphatic carbocycles. The van der Waals surface area contributed by atoms with Crippen LogP contribution in [0, 0.1) is 0 Å². The first-order valence-corrected chi connectivity index (χ1v) is 18.7. The van der Waals surface area contributed by atoms with E-state index in [0.29, 0.717) is 0 Å². The van der Waals surface area contributed by atoms with Gasteiger partial charge in [0.15, 0.2) is 0 Å². The lowest BCUT2D eigenvalue weighted by Gasteiger charge is -2.26. The Labute approximate surface area is 317 Å². The first kappa shape index (κ1) is 31.2. The Kier molecular flexibility index (Phi) is 7.17. The third-order valence-corrected chi connectivity index (χ3v) is 10.9. The predicted octanol–water partition coefficient (Wildman–Crippen LogP) is 15.1. The number of anilines is 3. The summed E-state index contributed by atoms with van der Waals surface area (Å²) >= 11 is 0. The first-order valence-electron chi connectivity index (χ1n) is 18.7. The van der Waals surface area contributed by atoms with Crippen molar-refractivity contribution >= 4 is 71.7 Å². The van der Waals surface area contributed by atoms with Crippen molar-refractivity contribution in [3.05, 3.63) is 200 Å². The van der Waals surface area contributed by atoms with E-state index < -0.39 is 0 Å². The zero-order valence-electron chi connectivity index (χ0n) is 29.8. The minimum absolute atomic E-state index is 0.898. The smallest absolute Gasteiger partial charge is 0.143 e. The quantitative estimate of drug-likeness (QED) is 0.173. The number of para-hydroxylation sites is 3. The van der Waals surface area contributed by atoms with Crippen molar-refractivity contribution in [2.24, 2.45) is 0 Å². The van der Waals surface area contributed by atoms with Gasteiger partial charge in [-0.2, -0.15) is 0 Å². The maximum absolute atomic E-state index is 6.41. The van der Waals surface area contributed by atoms with Crippen molar-refractivity contribution in [2.75, 3.05) is 4.90 Å². The molecule has 11 rings (SSSR count). The Balaban J connectivity index is 1.05. The molecule has 0 aliphatic heterocycles. The normalized spacial score (nSPS) is 11.6. The summed E-state index contributed by atoms with van der Waals surface area (Å²) in [5.41, 5.74) is 13.7. The van der Waals surface area contributed by atoms with Gasteiger partial charge in [-0.1, -0.05) is 146 Å². The molecule has 0 amide bonds. The van der Waals surface area contributed by atoms with Crippen molar-refractivity contribution < 1.29 is 8.83 Å². The van der Waals surface area contributed by atoms with Gasteiger partial charge >= 0.3 is 0 Å². The van der Waals surface area contributed by atoms with Crippen molar-refractivity contribution in [3.63, 3.8) is 0 Å². The second-order valence-electron chi connectivity index (χ2n) is 14.1.